The van der Waals surface area contributed by atoms with Gasteiger partial charge < -0.3 is 4.57 Å². The molecule has 1 aliphatic carbocycles. The van der Waals surface area contributed by atoms with E-state index >= 15 is 0 Å². The summed E-state index contributed by atoms with van der Waals surface area (Å²) in [6, 6.07) is 7.45. The maximum Gasteiger partial charge on any atom is 0.207 e. The molecule has 0 fully saturated rings. The molecule has 1 aromatic heterocycles. The normalized spacial score (nSPS) is 18.1. The zero-order valence-electron chi connectivity index (χ0n) is 10.8. The lowest BCUT2D eigenvalue weighted by molar-refractivity contribution is 0.528. The van der Waals surface area contributed by atoms with Crippen LogP contribution >= 0.6 is 11.6 Å². The number of hydrogen-bond acceptors (Lipinski definition) is 2. The van der Waals surface area contributed by atoms with Crippen LogP contribution in [0.3, 0.4) is 0 Å². The summed E-state index contributed by atoms with van der Waals surface area (Å²) in [5.41, 5.74) is 0.745. The molecule has 0 bridgehead atoms. The SMILES string of the molecule is N#Cc1cn(C2C=CCCC2)c2ccc(Cl)cc2c1=O. The molecule has 1 unspecified atom stereocenters. The van der Waals surface area contributed by atoms with Crippen LogP contribution in [0.15, 0.2) is 41.3 Å². The second kappa shape index (κ2) is 5.15. The number of rotatable bonds is 1. The van der Waals surface area contributed by atoms with Gasteiger partial charge in [0.15, 0.2) is 0 Å². The number of halogens is 1. The van der Waals surface area contributed by atoms with Gasteiger partial charge in [-0.25, -0.2) is 0 Å². The first-order valence-electron chi connectivity index (χ1n) is 6.62. The van der Waals surface area contributed by atoms with Crippen LogP contribution in [0.4, 0.5) is 0 Å². The minimum atomic E-state index is -0.249. The molecule has 0 saturated carbocycles. The largest absolute Gasteiger partial charge is 0.339 e. The predicted molar refractivity (Wildman–Crippen MR) is 80.0 cm³/mol. The van der Waals surface area contributed by atoms with Crippen LogP contribution in [0.25, 0.3) is 10.9 Å². The van der Waals surface area contributed by atoms with Gasteiger partial charge in [-0.05, 0) is 37.5 Å². The number of aromatic nitrogens is 1. The Morgan fingerprint density at radius 3 is 2.95 bits per heavy atom. The van der Waals surface area contributed by atoms with Crippen molar-refractivity contribution in [2.45, 2.75) is 25.3 Å². The molecule has 0 N–H and O–H groups in total. The van der Waals surface area contributed by atoms with Gasteiger partial charge in [0, 0.05) is 16.6 Å². The van der Waals surface area contributed by atoms with Crippen molar-refractivity contribution in [2.75, 3.05) is 0 Å². The summed E-state index contributed by atoms with van der Waals surface area (Å²) in [6.45, 7) is 0. The summed E-state index contributed by atoms with van der Waals surface area (Å²) in [7, 11) is 0. The Morgan fingerprint density at radius 2 is 2.25 bits per heavy atom. The van der Waals surface area contributed by atoms with Crippen LogP contribution in [0.2, 0.25) is 5.02 Å². The van der Waals surface area contributed by atoms with Gasteiger partial charge in [0.25, 0.3) is 0 Å². The van der Waals surface area contributed by atoms with Crippen molar-refractivity contribution < 1.29 is 0 Å². The van der Waals surface area contributed by atoms with E-state index < -0.39 is 0 Å². The summed E-state index contributed by atoms with van der Waals surface area (Å²) in [5, 5.41) is 10.2. The molecule has 1 heterocycles. The highest BCUT2D eigenvalue weighted by atomic mass is 35.5. The Hall–Kier alpha value is -2.05. The third-order valence-corrected chi connectivity index (χ3v) is 3.94. The second-order valence-corrected chi connectivity index (χ2v) is 5.42. The number of nitrogens with zero attached hydrogens (tertiary/aromatic N) is 2. The first kappa shape index (κ1) is 13.0. The molecule has 0 radical (unpaired) electrons. The zero-order chi connectivity index (χ0) is 14.1. The average molecular weight is 285 g/mol. The summed E-state index contributed by atoms with van der Waals surface area (Å²) in [6.07, 6.45) is 9.18. The highest BCUT2D eigenvalue weighted by Crippen LogP contribution is 2.27. The minimum Gasteiger partial charge on any atom is -0.339 e. The fourth-order valence-corrected chi connectivity index (χ4v) is 2.88. The van der Waals surface area contributed by atoms with E-state index in [-0.39, 0.29) is 17.0 Å². The maximum absolute atomic E-state index is 12.2. The zero-order valence-corrected chi connectivity index (χ0v) is 11.6. The molecule has 0 aliphatic heterocycles. The smallest absolute Gasteiger partial charge is 0.207 e. The van der Waals surface area contributed by atoms with Crippen molar-refractivity contribution in [3.05, 3.63) is 57.4 Å². The highest BCUT2D eigenvalue weighted by Gasteiger charge is 2.15. The van der Waals surface area contributed by atoms with Crippen molar-refractivity contribution in [3.8, 4) is 6.07 Å². The topological polar surface area (TPSA) is 45.8 Å². The number of allylic oxidation sites excluding steroid dienone is 2. The van der Waals surface area contributed by atoms with E-state index in [2.05, 4.69) is 12.2 Å². The van der Waals surface area contributed by atoms with E-state index in [1.807, 2.05) is 16.7 Å². The molecule has 1 atom stereocenters. The number of fused-ring (bicyclic) bond motifs is 1. The molecule has 3 nitrogen and oxygen atoms in total. The first-order chi connectivity index (χ1) is 9.70. The fraction of sp³-hybridized carbons (Fsp3) is 0.250. The molecule has 0 saturated heterocycles. The van der Waals surface area contributed by atoms with Crippen molar-refractivity contribution >= 4 is 22.5 Å². The van der Waals surface area contributed by atoms with Crippen molar-refractivity contribution in [1.82, 2.24) is 4.57 Å². The lowest BCUT2D eigenvalue weighted by Gasteiger charge is -2.22. The molecule has 20 heavy (non-hydrogen) atoms. The molecule has 1 aromatic carbocycles. The fourth-order valence-electron chi connectivity index (χ4n) is 2.71. The Bertz CT molecular complexity index is 798. The third kappa shape index (κ3) is 2.13. The van der Waals surface area contributed by atoms with E-state index in [1.165, 1.54) is 0 Å². The van der Waals surface area contributed by atoms with E-state index in [9.17, 15) is 4.79 Å². The number of benzene rings is 1. The molecule has 3 rings (SSSR count). The monoisotopic (exact) mass is 284 g/mol. The molecular formula is C16H13ClN2O. The van der Waals surface area contributed by atoms with E-state index in [4.69, 9.17) is 16.9 Å². The van der Waals surface area contributed by atoms with Gasteiger partial charge in [-0.3, -0.25) is 4.79 Å². The van der Waals surface area contributed by atoms with E-state index in [1.54, 1.807) is 18.3 Å². The van der Waals surface area contributed by atoms with Crippen LogP contribution in [0.1, 0.15) is 30.9 Å². The summed E-state index contributed by atoms with van der Waals surface area (Å²) >= 11 is 5.98. The van der Waals surface area contributed by atoms with Crippen LogP contribution in [0.5, 0.6) is 0 Å². The summed E-state index contributed by atoms with van der Waals surface area (Å²) in [5.74, 6) is 0. The number of pyridine rings is 1. The molecule has 0 amide bonds. The van der Waals surface area contributed by atoms with Gasteiger partial charge in [0.1, 0.15) is 11.6 Å². The van der Waals surface area contributed by atoms with Gasteiger partial charge >= 0.3 is 0 Å². The number of hydrogen-bond donors (Lipinski definition) is 0. The van der Waals surface area contributed by atoms with Crippen LogP contribution in [-0.2, 0) is 0 Å². The highest BCUT2D eigenvalue weighted by molar-refractivity contribution is 6.31. The van der Waals surface area contributed by atoms with Crippen LogP contribution in [-0.4, -0.2) is 4.57 Å². The first-order valence-corrected chi connectivity index (χ1v) is 6.99. The Labute approximate surface area is 121 Å². The molecule has 2 aromatic rings. The van der Waals surface area contributed by atoms with Crippen LogP contribution in [0, 0.1) is 11.3 Å². The van der Waals surface area contributed by atoms with Gasteiger partial charge in [0.05, 0.1) is 11.6 Å². The van der Waals surface area contributed by atoms with Gasteiger partial charge in [-0.2, -0.15) is 5.26 Å². The molecule has 0 spiro atoms. The summed E-state index contributed by atoms with van der Waals surface area (Å²) < 4.78 is 2.02. The lowest BCUT2D eigenvalue weighted by Crippen LogP contribution is -2.17. The predicted octanol–water partition coefficient (Wildman–Crippen LogP) is 3.81. The van der Waals surface area contributed by atoms with Gasteiger partial charge in [0.2, 0.25) is 5.43 Å². The lowest BCUT2D eigenvalue weighted by atomic mass is 10.0. The third-order valence-electron chi connectivity index (χ3n) is 3.70. The molecular weight excluding hydrogens is 272 g/mol. The van der Waals surface area contributed by atoms with E-state index in [0.29, 0.717) is 10.4 Å². The molecule has 1 aliphatic rings. The summed E-state index contributed by atoms with van der Waals surface area (Å²) in [4.78, 5) is 12.2. The number of nitriles is 1. The molecule has 4 heteroatoms. The van der Waals surface area contributed by atoms with Gasteiger partial charge in [-0.15, -0.1) is 0 Å². The Morgan fingerprint density at radius 1 is 1.40 bits per heavy atom. The van der Waals surface area contributed by atoms with Crippen molar-refractivity contribution in [3.63, 3.8) is 0 Å². The van der Waals surface area contributed by atoms with Gasteiger partial charge in [-0.1, -0.05) is 23.8 Å². The maximum atomic E-state index is 12.2. The average Bonchev–Trinajstić information content (AvgIpc) is 2.49. The Balaban J connectivity index is 2.34. The standard InChI is InChI=1S/C16H13ClN2O/c17-12-6-7-15-14(8-12)16(20)11(9-18)10-19(15)13-4-2-1-3-5-13/h2,4,6-8,10,13H,1,3,5H2. The minimum absolute atomic E-state index is 0.166. The second-order valence-electron chi connectivity index (χ2n) is 4.98. The van der Waals surface area contributed by atoms with E-state index in [0.717, 1.165) is 24.8 Å². The quantitative estimate of drug-likeness (QED) is 0.748. The Kier molecular flexibility index (Phi) is 3.33. The van der Waals surface area contributed by atoms with Crippen molar-refractivity contribution in [1.29, 1.82) is 5.26 Å². The molecule has 100 valence electrons. The van der Waals surface area contributed by atoms with Crippen molar-refractivity contribution in [2.24, 2.45) is 0 Å². The van der Waals surface area contributed by atoms with Crippen LogP contribution < -0.4 is 5.43 Å².